The summed E-state index contributed by atoms with van der Waals surface area (Å²) >= 11 is 0. The van der Waals surface area contributed by atoms with Crippen LogP contribution < -0.4 is 9.62 Å². The molecule has 1 heterocycles. The second kappa shape index (κ2) is 6.75. The van der Waals surface area contributed by atoms with Gasteiger partial charge in [0.1, 0.15) is 12.3 Å². The first-order valence-electron chi connectivity index (χ1n) is 6.85. The van der Waals surface area contributed by atoms with E-state index in [2.05, 4.69) is 10.5 Å². The second-order valence-corrected chi connectivity index (χ2v) is 7.06. The number of aryl methyl sites for hydroxylation is 1. The van der Waals surface area contributed by atoms with E-state index in [1.807, 2.05) is 0 Å². The lowest BCUT2D eigenvalue weighted by Crippen LogP contribution is -2.38. The molecule has 0 aliphatic carbocycles. The number of amides is 1. The monoisotopic (exact) mass is 377 g/mol. The summed E-state index contributed by atoms with van der Waals surface area (Å²) in [5, 5.41) is 5.76. The Morgan fingerprint density at radius 1 is 1.32 bits per heavy atom. The van der Waals surface area contributed by atoms with Crippen molar-refractivity contribution >= 4 is 27.4 Å². The van der Waals surface area contributed by atoms with Crippen LogP contribution in [-0.2, 0) is 21.0 Å². The molecule has 0 radical (unpaired) electrons. The van der Waals surface area contributed by atoms with Crippen molar-refractivity contribution in [1.82, 2.24) is 5.16 Å². The van der Waals surface area contributed by atoms with Crippen molar-refractivity contribution in [3.8, 4) is 0 Å². The van der Waals surface area contributed by atoms with Gasteiger partial charge in [0.25, 0.3) is 0 Å². The topological polar surface area (TPSA) is 92.5 Å². The van der Waals surface area contributed by atoms with Crippen LogP contribution in [0.1, 0.15) is 11.3 Å². The van der Waals surface area contributed by atoms with Gasteiger partial charge < -0.3 is 9.84 Å². The fourth-order valence-electron chi connectivity index (χ4n) is 2.05. The smallest absolute Gasteiger partial charge is 0.360 e. The molecule has 25 heavy (non-hydrogen) atoms. The summed E-state index contributed by atoms with van der Waals surface area (Å²) in [5.41, 5.74) is -1.80. The Bertz CT molecular complexity index is 877. The van der Waals surface area contributed by atoms with Crippen molar-refractivity contribution in [3.63, 3.8) is 0 Å². The van der Waals surface area contributed by atoms with Gasteiger partial charge in [0.05, 0.1) is 17.5 Å². The van der Waals surface area contributed by atoms with Gasteiger partial charge in [0.2, 0.25) is 15.9 Å². The van der Waals surface area contributed by atoms with E-state index in [1.54, 1.807) is 6.92 Å². The number of rotatable bonds is 5. The molecule has 1 amide bonds. The minimum atomic E-state index is -4.78. The molecule has 136 valence electrons. The Morgan fingerprint density at radius 3 is 2.48 bits per heavy atom. The van der Waals surface area contributed by atoms with Gasteiger partial charge in [-0.1, -0.05) is 17.3 Å². The maximum atomic E-state index is 13.1. The molecule has 0 atom stereocenters. The molecule has 0 aliphatic heterocycles. The van der Waals surface area contributed by atoms with E-state index < -0.39 is 39.9 Å². The predicted molar refractivity (Wildman–Crippen MR) is 83.5 cm³/mol. The zero-order valence-electron chi connectivity index (χ0n) is 13.2. The van der Waals surface area contributed by atoms with Gasteiger partial charge >= 0.3 is 6.18 Å². The minimum Gasteiger partial charge on any atom is -0.360 e. The molecule has 0 saturated carbocycles. The first-order chi connectivity index (χ1) is 11.5. The SMILES string of the molecule is Cc1cc(NC(=O)CN(c2ccccc2C(F)(F)F)S(C)(=O)=O)no1. The first kappa shape index (κ1) is 18.8. The number of alkyl halides is 3. The standard InChI is InChI=1S/C14H14F3N3O4S/c1-9-7-12(19-24-9)18-13(21)8-20(25(2,22)23)11-6-4-3-5-10(11)14(15,16)17/h3-7H,8H2,1-2H3,(H,18,19,21). The fourth-order valence-corrected chi connectivity index (χ4v) is 2.92. The third-order valence-electron chi connectivity index (χ3n) is 3.06. The summed E-state index contributed by atoms with van der Waals surface area (Å²) in [6, 6.07) is 5.49. The molecule has 0 aliphatic rings. The number of nitrogens with zero attached hydrogens (tertiary/aromatic N) is 2. The number of nitrogens with one attached hydrogen (secondary N) is 1. The predicted octanol–water partition coefficient (Wildman–Crippen LogP) is 2.41. The molecular weight excluding hydrogens is 363 g/mol. The van der Waals surface area contributed by atoms with E-state index in [0.717, 1.165) is 18.2 Å². The van der Waals surface area contributed by atoms with Gasteiger partial charge in [-0.15, -0.1) is 0 Å². The van der Waals surface area contributed by atoms with E-state index in [0.29, 0.717) is 16.3 Å². The fraction of sp³-hybridized carbons (Fsp3) is 0.286. The molecule has 0 unspecified atom stereocenters. The zero-order chi connectivity index (χ0) is 18.8. The number of hydrogen-bond donors (Lipinski definition) is 1. The average Bonchev–Trinajstić information content (AvgIpc) is 2.88. The molecule has 1 aromatic carbocycles. The molecule has 7 nitrogen and oxygen atoms in total. The molecule has 1 aromatic heterocycles. The molecule has 0 fully saturated rings. The van der Waals surface area contributed by atoms with Crippen LogP contribution in [0.15, 0.2) is 34.9 Å². The lowest BCUT2D eigenvalue weighted by molar-refractivity contribution is -0.137. The lowest BCUT2D eigenvalue weighted by Gasteiger charge is -2.24. The molecule has 2 aromatic rings. The Kier molecular flexibility index (Phi) is 5.07. The van der Waals surface area contributed by atoms with E-state index >= 15 is 0 Å². The Morgan fingerprint density at radius 2 is 1.96 bits per heavy atom. The van der Waals surface area contributed by atoms with Crippen molar-refractivity contribution in [2.24, 2.45) is 0 Å². The van der Waals surface area contributed by atoms with Crippen molar-refractivity contribution in [2.75, 3.05) is 22.4 Å². The van der Waals surface area contributed by atoms with E-state index in [9.17, 15) is 26.4 Å². The number of halogens is 3. The molecule has 1 N–H and O–H groups in total. The number of benzene rings is 1. The molecule has 2 rings (SSSR count). The first-order valence-corrected chi connectivity index (χ1v) is 8.70. The average molecular weight is 377 g/mol. The second-order valence-electron chi connectivity index (χ2n) is 5.16. The third kappa shape index (κ3) is 4.72. The van der Waals surface area contributed by atoms with Gasteiger partial charge in [0, 0.05) is 6.07 Å². The van der Waals surface area contributed by atoms with Crippen LogP contribution in [0.3, 0.4) is 0 Å². The summed E-state index contributed by atoms with van der Waals surface area (Å²) in [6.07, 6.45) is -4.06. The van der Waals surface area contributed by atoms with Crippen LogP contribution in [0.2, 0.25) is 0 Å². The number of anilines is 2. The van der Waals surface area contributed by atoms with Gasteiger partial charge in [0.15, 0.2) is 5.82 Å². The van der Waals surface area contributed by atoms with Crippen molar-refractivity contribution in [1.29, 1.82) is 0 Å². The highest BCUT2D eigenvalue weighted by Gasteiger charge is 2.36. The molecule has 0 saturated heterocycles. The van der Waals surface area contributed by atoms with E-state index in [1.165, 1.54) is 12.1 Å². The molecule has 11 heteroatoms. The summed E-state index contributed by atoms with van der Waals surface area (Å²) < 4.78 is 68.4. The Labute approximate surface area is 141 Å². The van der Waals surface area contributed by atoms with Crippen LogP contribution in [0.25, 0.3) is 0 Å². The minimum absolute atomic E-state index is 0.0278. The highest BCUT2D eigenvalue weighted by Crippen LogP contribution is 2.37. The summed E-state index contributed by atoms with van der Waals surface area (Å²) in [6.45, 7) is 0.725. The number of sulfonamides is 1. The lowest BCUT2D eigenvalue weighted by atomic mass is 10.1. The van der Waals surface area contributed by atoms with Gasteiger partial charge in [-0.05, 0) is 19.1 Å². The van der Waals surface area contributed by atoms with Crippen LogP contribution in [0.4, 0.5) is 24.7 Å². The normalized spacial score (nSPS) is 12.0. The van der Waals surface area contributed by atoms with E-state index in [4.69, 9.17) is 4.52 Å². The number of para-hydroxylation sites is 1. The van der Waals surface area contributed by atoms with Gasteiger partial charge in [-0.2, -0.15) is 13.2 Å². The van der Waals surface area contributed by atoms with Crippen molar-refractivity contribution < 1.29 is 30.9 Å². The van der Waals surface area contributed by atoms with E-state index in [-0.39, 0.29) is 5.82 Å². The van der Waals surface area contributed by atoms with Crippen LogP contribution in [0, 0.1) is 6.92 Å². The highest BCUT2D eigenvalue weighted by molar-refractivity contribution is 7.92. The summed E-state index contributed by atoms with van der Waals surface area (Å²) in [7, 11) is -4.15. The maximum absolute atomic E-state index is 13.1. The third-order valence-corrected chi connectivity index (χ3v) is 4.19. The Hall–Kier alpha value is -2.56. The number of hydrogen-bond acceptors (Lipinski definition) is 5. The molecule has 0 bridgehead atoms. The number of aromatic nitrogens is 1. The quantitative estimate of drug-likeness (QED) is 0.864. The van der Waals surface area contributed by atoms with Crippen LogP contribution >= 0.6 is 0 Å². The number of carbonyl (C=O) groups excluding carboxylic acids is 1. The zero-order valence-corrected chi connectivity index (χ0v) is 14.0. The largest absolute Gasteiger partial charge is 0.418 e. The number of carbonyl (C=O) groups is 1. The van der Waals surface area contributed by atoms with Gasteiger partial charge in [-0.25, -0.2) is 8.42 Å². The summed E-state index contributed by atoms with van der Waals surface area (Å²) in [4.78, 5) is 12.0. The molecule has 0 spiro atoms. The van der Waals surface area contributed by atoms with Crippen LogP contribution in [0.5, 0.6) is 0 Å². The molecular formula is C14H14F3N3O4S. The Balaban J connectivity index is 2.34. The van der Waals surface area contributed by atoms with Crippen molar-refractivity contribution in [3.05, 3.63) is 41.7 Å². The van der Waals surface area contributed by atoms with Gasteiger partial charge in [-0.3, -0.25) is 9.10 Å². The van der Waals surface area contributed by atoms with Crippen LogP contribution in [-0.4, -0.2) is 32.3 Å². The highest BCUT2D eigenvalue weighted by atomic mass is 32.2. The summed E-state index contributed by atoms with van der Waals surface area (Å²) in [5.74, 6) is -0.437. The van der Waals surface area contributed by atoms with Crippen molar-refractivity contribution in [2.45, 2.75) is 13.1 Å². The maximum Gasteiger partial charge on any atom is 0.418 e.